The molecular weight excluding hydrogens is 390 g/mol. The molecule has 0 unspecified atom stereocenters. The Morgan fingerprint density at radius 3 is 2.76 bits per heavy atom. The van der Waals surface area contributed by atoms with Gasteiger partial charge in [-0.05, 0) is 67.9 Å². The number of benzene rings is 1. The number of aryl methyl sites for hydroxylation is 1. The Morgan fingerprint density at radius 1 is 1.34 bits per heavy atom. The lowest BCUT2D eigenvalue weighted by molar-refractivity contribution is -0.109. The van der Waals surface area contributed by atoms with Gasteiger partial charge in [-0.15, -0.1) is 0 Å². The van der Waals surface area contributed by atoms with Gasteiger partial charge in [0.15, 0.2) is 0 Å². The molecule has 1 aromatic carbocycles. The normalized spacial score (nSPS) is 13.5. The number of nitrogens with zero attached hydrogens (tertiary/aromatic N) is 1. The number of nitrogens with one attached hydrogen (secondary N) is 2. The number of pyridine rings is 1. The van der Waals surface area contributed by atoms with Crippen LogP contribution in [0.3, 0.4) is 0 Å². The van der Waals surface area contributed by atoms with Crippen molar-refractivity contribution in [1.29, 1.82) is 0 Å². The van der Waals surface area contributed by atoms with Gasteiger partial charge >= 0.3 is 0 Å². The molecule has 1 aliphatic carbocycles. The molecule has 154 valence electrons. The van der Waals surface area contributed by atoms with E-state index in [-0.39, 0.29) is 5.91 Å². The van der Waals surface area contributed by atoms with Crippen molar-refractivity contribution in [3.05, 3.63) is 57.4 Å². The molecule has 29 heavy (non-hydrogen) atoms. The first kappa shape index (κ1) is 21.1. The average molecular weight is 416 g/mol. The molecule has 2 amide bonds. The third kappa shape index (κ3) is 5.26. The summed E-state index contributed by atoms with van der Waals surface area (Å²) in [6.07, 6.45) is 6.33. The first-order valence-corrected chi connectivity index (χ1v) is 10.2. The number of carbonyl (C=O) groups excluding carboxylic acids is 2. The molecule has 7 heteroatoms. The topological polar surface area (TPSA) is 80.3 Å². The van der Waals surface area contributed by atoms with Crippen LogP contribution in [0.1, 0.15) is 52.0 Å². The van der Waals surface area contributed by atoms with Crippen LogP contribution >= 0.6 is 11.6 Å². The van der Waals surface area contributed by atoms with E-state index in [1.807, 2.05) is 19.9 Å². The molecular formula is C22H26ClN3O3. The molecule has 0 bridgehead atoms. The molecule has 2 N–H and O–H groups in total. The number of halogens is 1. The van der Waals surface area contributed by atoms with E-state index in [0.717, 1.165) is 35.1 Å². The minimum atomic E-state index is -0.109. The molecule has 2 aromatic rings. The fourth-order valence-corrected chi connectivity index (χ4v) is 3.57. The lowest BCUT2D eigenvalue weighted by atomic mass is 9.93. The van der Waals surface area contributed by atoms with Gasteiger partial charge in [-0.1, -0.05) is 23.7 Å². The molecule has 1 heterocycles. The fraction of sp³-hybridized carbons (Fsp3) is 0.409. The number of aromatic nitrogens is 1. The van der Waals surface area contributed by atoms with Crippen molar-refractivity contribution in [2.75, 3.05) is 13.2 Å². The number of hydrogen-bond acceptors (Lipinski definition) is 4. The first-order chi connectivity index (χ1) is 14.0. The Balaban J connectivity index is 1.67. The maximum Gasteiger partial charge on any atom is 0.270 e. The largest absolute Gasteiger partial charge is 0.490 e. The van der Waals surface area contributed by atoms with E-state index in [1.165, 1.54) is 6.42 Å². The Kier molecular flexibility index (Phi) is 7.09. The predicted molar refractivity (Wildman–Crippen MR) is 113 cm³/mol. The molecule has 1 fully saturated rings. The minimum absolute atomic E-state index is 0.109. The highest BCUT2D eigenvalue weighted by atomic mass is 35.5. The molecule has 0 radical (unpaired) electrons. The van der Waals surface area contributed by atoms with Crippen LogP contribution in [-0.2, 0) is 11.2 Å². The van der Waals surface area contributed by atoms with Crippen LogP contribution in [0.15, 0.2) is 24.4 Å². The van der Waals surface area contributed by atoms with Gasteiger partial charge in [-0.2, -0.15) is 0 Å². The highest BCUT2D eigenvalue weighted by Gasteiger charge is 2.20. The van der Waals surface area contributed by atoms with Crippen molar-refractivity contribution in [1.82, 2.24) is 15.6 Å². The summed E-state index contributed by atoms with van der Waals surface area (Å²) < 4.78 is 5.73. The zero-order chi connectivity index (χ0) is 20.8. The standard InChI is InChI=1S/C22H26ClN3O3/c1-14-10-17(15(2)20(23)21(14)29-9-8-24-13-27)11-16-6-7-19(25-12-16)22(28)26-18-4-3-5-18/h6-7,10,12-13,18H,3-5,8-9,11H2,1-2H3,(H,24,27)(H,26,28). The van der Waals surface area contributed by atoms with Crippen LogP contribution in [-0.4, -0.2) is 36.5 Å². The van der Waals surface area contributed by atoms with E-state index in [0.29, 0.717) is 48.5 Å². The van der Waals surface area contributed by atoms with E-state index in [2.05, 4.69) is 21.7 Å². The zero-order valence-corrected chi connectivity index (χ0v) is 17.5. The lowest BCUT2D eigenvalue weighted by Crippen LogP contribution is -2.39. The Labute approximate surface area is 176 Å². The molecule has 1 saturated carbocycles. The summed E-state index contributed by atoms with van der Waals surface area (Å²) in [5.41, 5.74) is 4.42. The Hall–Kier alpha value is -2.60. The van der Waals surface area contributed by atoms with Crippen LogP contribution in [0.2, 0.25) is 5.02 Å². The summed E-state index contributed by atoms with van der Waals surface area (Å²) in [5, 5.41) is 6.14. The molecule has 3 rings (SSSR count). The second kappa shape index (κ2) is 9.74. The fourth-order valence-electron chi connectivity index (χ4n) is 3.25. The van der Waals surface area contributed by atoms with Crippen LogP contribution < -0.4 is 15.4 Å². The maximum atomic E-state index is 12.2. The smallest absolute Gasteiger partial charge is 0.270 e. The first-order valence-electron chi connectivity index (χ1n) is 9.83. The summed E-state index contributed by atoms with van der Waals surface area (Å²) in [4.78, 5) is 26.9. The SMILES string of the molecule is Cc1cc(Cc2ccc(C(=O)NC3CCC3)nc2)c(C)c(Cl)c1OCCNC=O. The Bertz CT molecular complexity index is 880. The van der Waals surface area contributed by atoms with Crippen molar-refractivity contribution in [3.63, 3.8) is 0 Å². The number of hydrogen-bond donors (Lipinski definition) is 2. The summed E-state index contributed by atoms with van der Waals surface area (Å²) >= 11 is 6.53. The van der Waals surface area contributed by atoms with Gasteiger partial charge in [0.05, 0.1) is 11.6 Å². The minimum Gasteiger partial charge on any atom is -0.490 e. The molecule has 1 aliphatic rings. The molecule has 1 aromatic heterocycles. The second-order valence-corrected chi connectivity index (χ2v) is 7.75. The third-order valence-corrected chi connectivity index (χ3v) is 5.68. The third-order valence-electron chi connectivity index (χ3n) is 5.23. The summed E-state index contributed by atoms with van der Waals surface area (Å²) in [6, 6.07) is 6.05. The van der Waals surface area contributed by atoms with Gasteiger partial charge in [0, 0.05) is 12.2 Å². The van der Waals surface area contributed by atoms with Crippen LogP contribution in [0.5, 0.6) is 5.75 Å². The summed E-state index contributed by atoms with van der Waals surface area (Å²) in [6.45, 7) is 4.68. The van der Waals surface area contributed by atoms with Crippen molar-refractivity contribution >= 4 is 23.9 Å². The van der Waals surface area contributed by atoms with Crippen LogP contribution in [0, 0.1) is 13.8 Å². The van der Waals surface area contributed by atoms with E-state index in [4.69, 9.17) is 16.3 Å². The van der Waals surface area contributed by atoms with Gasteiger partial charge in [0.25, 0.3) is 5.91 Å². The van der Waals surface area contributed by atoms with Gasteiger partial charge < -0.3 is 15.4 Å². The van der Waals surface area contributed by atoms with Crippen LogP contribution in [0.25, 0.3) is 0 Å². The van der Waals surface area contributed by atoms with Gasteiger partial charge in [-0.25, -0.2) is 0 Å². The highest BCUT2D eigenvalue weighted by molar-refractivity contribution is 6.33. The molecule has 0 spiro atoms. The number of carbonyl (C=O) groups is 2. The predicted octanol–water partition coefficient (Wildman–Crippen LogP) is 3.35. The second-order valence-electron chi connectivity index (χ2n) is 7.37. The molecule has 0 saturated heterocycles. The average Bonchev–Trinajstić information content (AvgIpc) is 2.68. The summed E-state index contributed by atoms with van der Waals surface area (Å²) in [7, 11) is 0. The van der Waals surface area contributed by atoms with Crippen molar-refractivity contribution in [3.8, 4) is 5.75 Å². The highest BCUT2D eigenvalue weighted by Crippen LogP contribution is 2.34. The molecule has 6 nitrogen and oxygen atoms in total. The quantitative estimate of drug-likeness (QED) is 0.486. The zero-order valence-electron chi connectivity index (χ0n) is 16.8. The monoisotopic (exact) mass is 415 g/mol. The van der Waals surface area contributed by atoms with Gasteiger partial charge in [0.2, 0.25) is 6.41 Å². The van der Waals surface area contributed by atoms with Crippen molar-refractivity contribution < 1.29 is 14.3 Å². The van der Waals surface area contributed by atoms with Gasteiger partial charge in [0.1, 0.15) is 18.1 Å². The lowest BCUT2D eigenvalue weighted by Gasteiger charge is -2.26. The van der Waals surface area contributed by atoms with E-state index in [9.17, 15) is 9.59 Å². The van der Waals surface area contributed by atoms with Crippen molar-refractivity contribution in [2.45, 2.75) is 45.6 Å². The summed E-state index contributed by atoms with van der Waals surface area (Å²) in [5.74, 6) is 0.531. The molecule has 0 aliphatic heterocycles. The Morgan fingerprint density at radius 2 is 2.14 bits per heavy atom. The van der Waals surface area contributed by atoms with E-state index < -0.39 is 0 Å². The van der Waals surface area contributed by atoms with E-state index >= 15 is 0 Å². The number of ether oxygens (including phenoxy) is 1. The van der Waals surface area contributed by atoms with Crippen molar-refractivity contribution in [2.24, 2.45) is 0 Å². The number of amides is 2. The van der Waals surface area contributed by atoms with Crippen LogP contribution in [0.4, 0.5) is 0 Å². The maximum absolute atomic E-state index is 12.2. The molecule has 0 atom stereocenters. The van der Waals surface area contributed by atoms with Gasteiger partial charge in [-0.3, -0.25) is 14.6 Å². The van der Waals surface area contributed by atoms with E-state index in [1.54, 1.807) is 12.3 Å². The number of rotatable bonds is 9.